The second-order valence-corrected chi connectivity index (χ2v) is 5.50. The zero-order chi connectivity index (χ0) is 15.6. The van der Waals surface area contributed by atoms with Crippen LogP contribution < -0.4 is 4.74 Å². The number of nitrogens with zero attached hydrogens (tertiary/aromatic N) is 1. The van der Waals surface area contributed by atoms with Crippen LogP contribution in [0.3, 0.4) is 0 Å². The Hall–Kier alpha value is -1.69. The Morgan fingerprint density at radius 2 is 2.05 bits per heavy atom. The Morgan fingerprint density at radius 3 is 2.52 bits per heavy atom. The molecule has 21 heavy (non-hydrogen) atoms. The van der Waals surface area contributed by atoms with E-state index in [1.54, 1.807) is 13.8 Å². The van der Waals surface area contributed by atoms with Crippen molar-refractivity contribution in [3.05, 3.63) is 28.8 Å². The molecule has 1 aromatic rings. The lowest BCUT2D eigenvalue weighted by atomic mass is 10.1. The molecule has 1 aliphatic rings. The van der Waals surface area contributed by atoms with Gasteiger partial charge in [-0.15, -0.1) is 0 Å². The first-order chi connectivity index (χ1) is 9.86. The van der Waals surface area contributed by atoms with Crippen molar-refractivity contribution in [3.8, 4) is 5.75 Å². The standard InChI is InChI=1S/C15H19F2NO3/c1-9-5-11(6-10(2)13(9)21-15(16)17)7-18-4-3-12(8-18)14(19)20/h5-6,12,15H,3-4,7-8H2,1-2H3,(H,19,20). The minimum Gasteiger partial charge on any atom is -0.481 e. The molecule has 0 saturated carbocycles. The van der Waals surface area contributed by atoms with Crippen LogP contribution >= 0.6 is 0 Å². The Labute approximate surface area is 122 Å². The lowest BCUT2D eigenvalue weighted by molar-refractivity contribution is -0.141. The maximum absolute atomic E-state index is 12.3. The molecule has 1 unspecified atom stereocenters. The van der Waals surface area contributed by atoms with Crippen LogP contribution in [0.25, 0.3) is 0 Å². The van der Waals surface area contributed by atoms with Gasteiger partial charge in [-0.1, -0.05) is 12.1 Å². The van der Waals surface area contributed by atoms with Crippen molar-refractivity contribution in [3.63, 3.8) is 0 Å². The zero-order valence-electron chi connectivity index (χ0n) is 12.1. The third kappa shape index (κ3) is 3.91. The largest absolute Gasteiger partial charge is 0.481 e. The second-order valence-electron chi connectivity index (χ2n) is 5.50. The maximum Gasteiger partial charge on any atom is 0.387 e. The van der Waals surface area contributed by atoms with Gasteiger partial charge in [0.15, 0.2) is 0 Å². The summed E-state index contributed by atoms with van der Waals surface area (Å²) in [5.74, 6) is -0.849. The Kier molecular flexibility index (Phi) is 4.77. The van der Waals surface area contributed by atoms with E-state index in [1.165, 1.54) is 0 Å². The zero-order valence-corrected chi connectivity index (χ0v) is 12.1. The van der Waals surface area contributed by atoms with E-state index in [2.05, 4.69) is 9.64 Å². The summed E-state index contributed by atoms with van der Waals surface area (Å²) in [6.45, 7) is 2.53. The summed E-state index contributed by atoms with van der Waals surface area (Å²) in [5.41, 5.74) is 2.32. The fourth-order valence-electron chi connectivity index (χ4n) is 2.84. The topological polar surface area (TPSA) is 49.8 Å². The van der Waals surface area contributed by atoms with Gasteiger partial charge in [0.05, 0.1) is 5.92 Å². The summed E-state index contributed by atoms with van der Waals surface area (Å²) in [7, 11) is 0. The predicted octanol–water partition coefficient (Wildman–Crippen LogP) is 2.81. The number of aryl methyl sites for hydroxylation is 2. The van der Waals surface area contributed by atoms with E-state index in [1.807, 2.05) is 12.1 Å². The van der Waals surface area contributed by atoms with Crippen LogP contribution in [-0.2, 0) is 11.3 Å². The number of benzene rings is 1. The highest BCUT2D eigenvalue weighted by atomic mass is 19.3. The molecular weight excluding hydrogens is 280 g/mol. The first kappa shape index (κ1) is 15.7. The van der Waals surface area contributed by atoms with Gasteiger partial charge in [-0.25, -0.2) is 0 Å². The van der Waals surface area contributed by atoms with E-state index in [0.29, 0.717) is 30.6 Å². The molecule has 116 valence electrons. The monoisotopic (exact) mass is 299 g/mol. The molecule has 1 atom stereocenters. The summed E-state index contributed by atoms with van der Waals surface area (Å²) >= 11 is 0. The van der Waals surface area contributed by atoms with E-state index in [0.717, 1.165) is 12.1 Å². The fourth-order valence-corrected chi connectivity index (χ4v) is 2.84. The van der Waals surface area contributed by atoms with Gasteiger partial charge in [0, 0.05) is 13.1 Å². The van der Waals surface area contributed by atoms with E-state index in [-0.39, 0.29) is 11.7 Å². The van der Waals surface area contributed by atoms with Crippen molar-refractivity contribution < 1.29 is 23.4 Å². The fraction of sp³-hybridized carbons (Fsp3) is 0.533. The number of hydrogen-bond donors (Lipinski definition) is 1. The van der Waals surface area contributed by atoms with Gasteiger partial charge in [0.25, 0.3) is 0 Å². The van der Waals surface area contributed by atoms with E-state index in [4.69, 9.17) is 5.11 Å². The van der Waals surface area contributed by atoms with Crippen LogP contribution in [0.4, 0.5) is 8.78 Å². The summed E-state index contributed by atoms with van der Waals surface area (Å²) in [5, 5.41) is 8.99. The number of carboxylic acids is 1. The molecule has 1 N–H and O–H groups in total. The number of alkyl halides is 2. The lowest BCUT2D eigenvalue weighted by Gasteiger charge is -2.18. The molecule has 0 spiro atoms. The number of carboxylic acid groups (broad SMARTS) is 1. The number of hydrogen-bond acceptors (Lipinski definition) is 3. The summed E-state index contributed by atoms with van der Waals surface area (Å²) in [6.07, 6.45) is 0.653. The van der Waals surface area contributed by atoms with Crippen LogP contribution in [0.15, 0.2) is 12.1 Å². The summed E-state index contributed by atoms with van der Waals surface area (Å²) < 4.78 is 29.2. The molecule has 1 aliphatic heterocycles. The van der Waals surface area contributed by atoms with Gasteiger partial charge in [0.1, 0.15) is 5.75 Å². The smallest absolute Gasteiger partial charge is 0.387 e. The quantitative estimate of drug-likeness (QED) is 0.908. The summed E-state index contributed by atoms with van der Waals surface area (Å²) in [6, 6.07) is 3.64. The second kappa shape index (κ2) is 6.39. The van der Waals surface area contributed by atoms with E-state index in [9.17, 15) is 13.6 Å². The van der Waals surface area contributed by atoms with Gasteiger partial charge in [-0.05, 0) is 43.5 Å². The normalized spacial score (nSPS) is 19.2. The van der Waals surface area contributed by atoms with Crippen LogP contribution in [0.5, 0.6) is 5.75 Å². The molecule has 6 heteroatoms. The molecule has 0 aromatic heterocycles. The number of rotatable bonds is 5. The third-order valence-electron chi connectivity index (χ3n) is 3.75. The Balaban J connectivity index is 2.07. The molecule has 0 amide bonds. The highest BCUT2D eigenvalue weighted by Crippen LogP contribution is 2.28. The van der Waals surface area contributed by atoms with E-state index >= 15 is 0 Å². The van der Waals surface area contributed by atoms with E-state index < -0.39 is 12.6 Å². The van der Waals surface area contributed by atoms with Gasteiger partial charge < -0.3 is 9.84 Å². The minimum atomic E-state index is -2.83. The lowest BCUT2D eigenvalue weighted by Crippen LogP contribution is -2.23. The predicted molar refractivity (Wildman–Crippen MR) is 73.6 cm³/mol. The SMILES string of the molecule is Cc1cc(CN2CCC(C(=O)O)C2)cc(C)c1OC(F)F. The first-order valence-electron chi connectivity index (χ1n) is 6.87. The number of ether oxygens (including phenoxy) is 1. The van der Waals surface area contributed by atoms with Gasteiger partial charge in [-0.2, -0.15) is 8.78 Å². The molecule has 2 rings (SSSR count). The third-order valence-corrected chi connectivity index (χ3v) is 3.75. The van der Waals surface area contributed by atoms with Gasteiger partial charge in [0.2, 0.25) is 0 Å². The summed E-state index contributed by atoms with van der Waals surface area (Å²) in [4.78, 5) is 13.0. The molecule has 4 nitrogen and oxygen atoms in total. The molecule has 1 fully saturated rings. The van der Waals surface area contributed by atoms with Crippen LogP contribution in [-0.4, -0.2) is 35.7 Å². The van der Waals surface area contributed by atoms with Crippen LogP contribution in [0.2, 0.25) is 0 Å². The van der Waals surface area contributed by atoms with Gasteiger partial charge >= 0.3 is 12.6 Å². The van der Waals surface area contributed by atoms with Crippen molar-refractivity contribution in [2.75, 3.05) is 13.1 Å². The maximum atomic E-state index is 12.3. The molecule has 1 aromatic carbocycles. The van der Waals surface area contributed by atoms with Crippen molar-refractivity contribution in [2.24, 2.45) is 5.92 Å². The van der Waals surface area contributed by atoms with Gasteiger partial charge in [-0.3, -0.25) is 9.69 Å². The Morgan fingerprint density at radius 1 is 1.43 bits per heavy atom. The first-order valence-corrected chi connectivity index (χ1v) is 6.87. The number of halogens is 2. The van der Waals surface area contributed by atoms with Crippen molar-refractivity contribution in [2.45, 2.75) is 33.4 Å². The molecule has 0 radical (unpaired) electrons. The van der Waals surface area contributed by atoms with Crippen molar-refractivity contribution in [1.82, 2.24) is 4.90 Å². The van der Waals surface area contributed by atoms with Crippen LogP contribution in [0, 0.1) is 19.8 Å². The molecule has 1 saturated heterocycles. The molecule has 1 heterocycles. The number of likely N-dealkylation sites (tertiary alicyclic amines) is 1. The van der Waals surface area contributed by atoms with Crippen molar-refractivity contribution >= 4 is 5.97 Å². The average Bonchev–Trinajstić information content (AvgIpc) is 2.82. The van der Waals surface area contributed by atoms with Crippen LogP contribution in [0.1, 0.15) is 23.1 Å². The highest BCUT2D eigenvalue weighted by molar-refractivity contribution is 5.70. The Bertz CT molecular complexity index is 511. The number of aliphatic carboxylic acids is 1. The molecule has 0 aliphatic carbocycles. The molecular formula is C15H19F2NO3. The highest BCUT2D eigenvalue weighted by Gasteiger charge is 2.27. The van der Waals surface area contributed by atoms with Crippen molar-refractivity contribution in [1.29, 1.82) is 0 Å². The molecule has 0 bridgehead atoms. The number of carbonyl (C=O) groups is 1. The minimum absolute atomic E-state index is 0.221. The average molecular weight is 299 g/mol.